The van der Waals surface area contributed by atoms with Crippen molar-refractivity contribution in [1.29, 1.82) is 0 Å². The van der Waals surface area contributed by atoms with Gasteiger partial charge < -0.3 is 25.4 Å². The van der Waals surface area contributed by atoms with Gasteiger partial charge >= 0.3 is 0 Å². The maximum atomic E-state index is 13.6. The molecule has 1 aliphatic rings. The summed E-state index contributed by atoms with van der Waals surface area (Å²) >= 11 is 0. The molecule has 0 saturated carbocycles. The van der Waals surface area contributed by atoms with E-state index in [1.54, 1.807) is 18.9 Å². The summed E-state index contributed by atoms with van der Waals surface area (Å²) in [6.07, 6.45) is 4.71. The van der Waals surface area contributed by atoms with Crippen molar-refractivity contribution in [2.24, 2.45) is 11.8 Å². The number of ether oxygens (including phenoxy) is 1. The number of aliphatic hydroxyl groups is 1. The third-order valence-corrected chi connectivity index (χ3v) is 6.77. The second kappa shape index (κ2) is 16.0. The molecule has 0 radical (unpaired) electrons. The van der Waals surface area contributed by atoms with Crippen molar-refractivity contribution in [2.45, 2.75) is 91.9 Å². The summed E-state index contributed by atoms with van der Waals surface area (Å²) in [4.78, 5) is 43.3. The van der Waals surface area contributed by atoms with Crippen molar-refractivity contribution in [3.8, 4) is 0 Å². The minimum atomic E-state index is -0.647. The van der Waals surface area contributed by atoms with Crippen LogP contribution in [-0.2, 0) is 19.1 Å². The third-order valence-electron chi connectivity index (χ3n) is 6.77. The Morgan fingerprint density at radius 1 is 1.08 bits per heavy atom. The number of nitrogens with one attached hydrogen (secondary N) is 2. The van der Waals surface area contributed by atoms with Gasteiger partial charge in [0, 0.05) is 25.2 Å². The first-order valence-corrected chi connectivity index (χ1v) is 13.4. The van der Waals surface area contributed by atoms with Crippen LogP contribution in [0, 0.1) is 11.8 Å². The Balaban J connectivity index is 2.94. The molecule has 3 N–H and O–H groups in total. The zero-order chi connectivity index (χ0) is 27.4. The first-order chi connectivity index (χ1) is 16.9. The SMILES string of the molecule is CC(=C[C@H](C(C)C)N(C)C(=O)[C@@H](NC(=O)[C@H]1CCCCN1C(C)C)C(C)C)C(=O)NCCOCCO. The number of nitrogens with zero attached hydrogens (tertiary/aromatic N) is 2. The van der Waals surface area contributed by atoms with Gasteiger partial charge in [0.05, 0.1) is 31.9 Å². The van der Waals surface area contributed by atoms with Crippen LogP contribution in [0.15, 0.2) is 11.6 Å². The summed E-state index contributed by atoms with van der Waals surface area (Å²) in [6, 6.07) is -0.909. The first kappa shape index (κ1) is 32.1. The van der Waals surface area contributed by atoms with Crippen LogP contribution in [0.2, 0.25) is 0 Å². The number of likely N-dealkylation sites (N-methyl/N-ethyl adjacent to an activating group) is 1. The fourth-order valence-corrected chi connectivity index (χ4v) is 4.61. The van der Waals surface area contributed by atoms with Gasteiger partial charge in [0.1, 0.15) is 6.04 Å². The average Bonchev–Trinajstić information content (AvgIpc) is 2.83. The highest BCUT2D eigenvalue weighted by molar-refractivity contribution is 5.93. The molecule has 36 heavy (non-hydrogen) atoms. The largest absolute Gasteiger partial charge is 0.394 e. The Hall–Kier alpha value is -1.97. The molecule has 0 spiro atoms. The van der Waals surface area contributed by atoms with Crippen molar-refractivity contribution in [3.63, 3.8) is 0 Å². The van der Waals surface area contributed by atoms with E-state index in [4.69, 9.17) is 9.84 Å². The Morgan fingerprint density at radius 2 is 1.75 bits per heavy atom. The highest BCUT2D eigenvalue weighted by atomic mass is 16.5. The minimum absolute atomic E-state index is 0.0578. The van der Waals surface area contributed by atoms with Gasteiger partial charge in [0.2, 0.25) is 17.7 Å². The summed E-state index contributed by atoms with van der Waals surface area (Å²) < 4.78 is 5.17. The Labute approximate surface area is 218 Å². The van der Waals surface area contributed by atoms with Crippen molar-refractivity contribution in [3.05, 3.63) is 11.6 Å². The molecule has 0 aromatic carbocycles. The van der Waals surface area contributed by atoms with Crippen LogP contribution in [-0.4, -0.2) is 96.8 Å². The van der Waals surface area contributed by atoms with E-state index in [1.165, 1.54) is 0 Å². The minimum Gasteiger partial charge on any atom is -0.394 e. The standard InChI is InChI=1S/C27H50N4O5/c1-18(2)23(17-21(7)25(33)28-12-15-36-16-14-32)30(8)27(35)24(19(3)4)29-26(34)22-11-9-10-13-31(22)20(5)6/h17-20,22-24,32H,9-16H2,1-8H3,(H,28,33)(H,29,34)/t22-,23-,24+/m1/s1. The highest BCUT2D eigenvalue weighted by Gasteiger charge is 2.35. The maximum absolute atomic E-state index is 13.6. The lowest BCUT2D eigenvalue weighted by atomic mass is 9.95. The highest BCUT2D eigenvalue weighted by Crippen LogP contribution is 2.21. The van der Waals surface area contributed by atoms with E-state index < -0.39 is 6.04 Å². The van der Waals surface area contributed by atoms with Gasteiger partial charge in [-0.05, 0) is 52.0 Å². The van der Waals surface area contributed by atoms with Crippen LogP contribution < -0.4 is 10.6 Å². The van der Waals surface area contributed by atoms with E-state index in [-0.39, 0.29) is 60.9 Å². The summed E-state index contributed by atoms with van der Waals surface area (Å²) in [6.45, 7) is 15.5. The molecule has 1 aliphatic heterocycles. The summed E-state index contributed by atoms with van der Waals surface area (Å²) in [7, 11) is 1.74. The van der Waals surface area contributed by atoms with Gasteiger partial charge in [-0.1, -0.05) is 40.2 Å². The predicted octanol–water partition coefficient (Wildman–Crippen LogP) is 1.94. The summed E-state index contributed by atoms with van der Waals surface area (Å²) in [5.74, 6) is -0.493. The molecule has 1 saturated heterocycles. The topological polar surface area (TPSA) is 111 Å². The van der Waals surface area contributed by atoms with Crippen molar-refractivity contribution < 1.29 is 24.2 Å². The van der Waals surface area contributed by atoms with Crippen LogP contribution in [0.5, 0.6) is 0 Å². The lowest BCUT2D eigenvalue weighted by Crippen LogP contribution is -2.58. The molecule has 1 fully saturated rings. The molecule has 0 aliphatic carbocycles. The van der Waals surface area contributed by atoms with Gasteiger partial charge in [-0.3, -0.25) is 19.3 Å². The number of rotatable bonds is 14. The number of hydrogen-bond acceptors (Lipinski definition) is 6. The van der Waals surface area contributed by atoms with Gasteiger partial charge in [-0.15, -0.1) is 0 Å². The van der Waals surface area contributed by atoms with Crippen LogP contribution in [0.3, 0.4) is 0 Å². The number of amides is 3. The zero-order valence-corrected chi connectivity index (χ0v) is 23.7. The van der Waals surface area contributed by atoms with Crippen LogP contribution in [0.4, 0.5) is 0 Å². The monoisotopic (exact) mass is 510 g/mol. The molecular weight excluding hydrogens is 460 g/mol. The Morgan fingerprint density at radius 3 is 2.31 bits per heavy atom. The van der Waals surface area contributed by atoms with E-state index >= 15 is 0 Å². The number of aliphatic hydroxyl groups excluding tert-OH is 1. The number of piperidine rings is 1. The normalized spacial score (nSPS) is 18.9. The lowest BCUT2D eigenvalue weighted by molar-refractivity contribution is -0.140. The van der Waals surface area contributed by atoms with Crippen LogP contribution >= 0.6 is 0 Å². The molecule has 0 bridgehead atoms. The van der Waals surface area contributed by atoms with E-state index in [0.29, 0.717) is 18.7 Å². The number of carbonyl (C=O) groups is 3. The number of likely N-dealkylation sites (tertiary alicyclic amines) is 1. The fraction of sp³-hybridized carbons (Fsp3) is 0.815. The van der Waals surface area contributed by atoms with E-state index in [0.717, 1.165) is 25.8 Å². The van der Waals surface area contributed by atoms with E-state index in [2.05, 4.69) is 29.4 Å². The smallest absolute Gasteiger partial charge is 0.246 e. The summed E-state index contributed by atoms with van der Waals surface area (Å²) in [5.41, 5.74) is 0.510. The number of hydrogen-bond donors (Lipinski definition) is 3. The first-order valence-electron chi connectivity index (χ1n) is 13.4. The molecule has 3 amide bonds. The molecule has 0 aromatic rings. The van der Waals surface area contributed by atoms with Gasteiger partial charge in [0.25, 0.3) is 0 Å². The molecule has 9 nitrogen and oxygen atoms in total. The molecule has 0 unspecified atom stereocenters. The third kappa shape index (κ3) is 9.82. The lowest BCUT2D eigenvalue weighted by Gasteiger charge is -2.39. The van der Waals surface area contributed by atoms with Gasteiger partial charge in [-0.25, -0.2) is 0 Å². The molecule has 1 rings (SSSR count). The molecular formula is C27H50N4O5. The molecule has 208 valence electrons. The van der Waals surface area contributed by atoms with Gasteiger partial charge in [-0.2, -0.15) is 0 Å². The predicted molar refractivity (Wildman–Crippen MR) is 142 cm³/mol. The molecule has 3 atom stereocenters. The molecule has 9 heteroatoms. The van der Waals surface area contributed by atoms with Crippen LogP contribution in [0.1, 0.15) is 67.7 Å². The quantitative estimate of drug-likeness (QED) is 0.243. The number of carbonyl (C=O) groups excluding carboxylic acids is 3. The molecule has 1 heterocycles. The fourth-order valence-electron chi connectivity index (χ4n) is 4.61. The van der Waals surface area contributed by atoms with E-state index in [1.807, 2.05) is 33.8 Å². The van der Waals surface area contributed by atoms with Crippen molar-refractivity contribution in [2.75, 3.05) is 40.0 Å². The van der Waals surface area contributed by atoms with Crippen LogP contribution in [0.25, 0.3) is 0 Å². The van der Waals surface area contributed by atoms with Crippen molar-refractivity contribution >= 4 is 17.7 Å². The Bertz CT molecular complexity index is 738. The Kier molecular flexibility index (Phi) is 14.2. The maximum Gasteiger partial charge on any atom is 0.246 e. The molecule has 0 aromatic heterocycles. The average molecular weight is 511 g/mol. The summed E-state index contributed by atoms with van der Waals surface area (Å²) in [5, 5.41) is 14.6. The zero-order valence-electron chi connectivity index (χ0n) is 23.7. The van der Waals surface area contributed by atoms with Gasteiger partial charge in [0.15, 0.2) is 0 Å². The van der Waals surface area contributed by atoms with E-state index in [9.17, 15) is 14.4 Å². The second-order valence-electron chi connectivity index (χ2n) is 10.7. The van der Waals surface area contributed by atoms with Crippen molar-refractivity contribution in [1.82, 2.24) is 20.4 Å². The second-order valence-corrected chi connectivity index (χ2v) is 10.7.